The number of carboxylic acid groups (broad SMARTS) is 1. The number of carbonyl (C=O) groups is 5. The molecular weight excluding hydrogens is 797 g/mol. The van der Waals surface area contributed by atoms with E-state index >= 15 is 0 Å². The Balaban J connectivity index is 1.52. The highest BCUT2D eigenvalue weighted by molar-refractivity contribution is 7.09. The van der Waals surface area contributed by atoms with Gasteiger partial charge in [-0.3, -0.25) is 24.1 Å². The fourth-order valence-corrected chi connectivity index (χ4v) is 9.11. The van der Waals surface area contributed by atoms with Crippen molar-refractivity contribution in [3.05, 3.63) is 45.9 Å². The van der Waals surface area contributed by atoms with Crippen LogP contribution in [0.2, 0.25) is 0 Å². The first-order valence-electron chi connectivity index (χ1n) is 22.6. The first-order valence-corrected chi connectivity index (χ1v) is 23.5. The second-order valence-corrected chi connectivity index (χ2v) is 18.3. The third-order valence-electron chi connectivity index (χ3n) is 12.1. The number of ether oxygens (including phenoxy) is 2. The van der Waals surface area contributed by atoms with E-state index in [1.807, 2.05) is 51.8 Å². The average Bonchev–Trinajstić information content (AvgIpc) is 3.97. The number of piperidine rings is 1. The number of rotatable bonds is 24. The van der Waals surface area contributed by atoms with Crippen LogP contribution in [0, 0.1) is 17.8 Å². The normalized spacial score (nSPS) is 20.0. The summed E-state index contributed by atoms with van der Waals surface area (Å²) < 4.78 is 12.0. The molecule has 2 fully saturated rings. The number of aromatic nitrogens is 1. The molecule has 14 nitrogen and oxygen atoms in total. The molecule has 2 aliphatic heterocycles. The number of nitrogens with one attached hydrogen (secondary N) is 3. The van der Waals surface area contributed by atoms with Gasteiger partial charge in [-0.25, -0.2) is 9.78 Å². The molecule has 340 valence electrons. The van der Waals surface area contributed by atoms with Gasteiger partial charge in [0.25, 0.3) is 5.91 Å². The summed E-state index contributed by atoms with van der Waals surface area (Å²) in [6.45, 7) is 16.6. The van der Waals surface area contributed by atoms with Crippen molar-refractivity contribution < 1.29 is 38.6 Å². The highest BCUT2D eigenvalue weighted by Crippen LogP contribution is 2.32. The Morgan fingerprint density at radius 1 is 0.984 bits per heavy atom. The minimum Gasteiger partial charge on any atom is -0.481 e. The summed E-state index contributed by atoms with van der Waals surface area (Å²) in [5, 5.41) is 21.4. The lowest BCUT2D eigenvalue weighted by molar-refractivity contribution is -0.143. The molecule has 0 spiro atoms. The lowest BCUT2D eigenvalue weighted by Gasteiger charge is -2.40. The zero-order valence-corrected chi connectivity index (χ0v) is 38.6. The Kier molecular flexibility index (Phi) is 20.1. The Morgan fingerprint density at radius 3 is 2.33 bits per heavy atom. The summed E-state index contributed by atoms with van der Waals surface area (Å²) in [6, 6.07) is 5.05. The SMILES string of the molecule is CCCO[C@H](C[C@H](C(C)C)N(CCC)C(=O)[C@@H](NC(=O)[C@H]1CCCCN1C)[C@@H](C)CC)c1nc(C(=O)NC(Cc2ccc(OC(=O)[C@H]3CCCN3)cc2)C[C@H](C)C(=O)O)cs1. The minimum absolute atomic E-state index is 0.0473. The molecule has 0 saturated carbocycles. The number of aliphatic carboxylic acids is 1. The summed E-state index contributed by atoms with van der Waals surface area (Å²) in [5.74, 6) is -2.21. The predicted octanol–water partition coefficient (Wildman–Crippen LogP) is 6.39. The van der Waals surface area contributed by atoms with Gasteiger partial charge in [0.2, 0.25) is 11.8 Å². The molecule has 0 aliphatic carbocycles. The van der Waals surface area contributed by atoms with Gasteiger partial charge in [0.1, 0.15) is 34.6 Å². The average molecular weight is 869 g/mol. The van der Waals surface area contributed by atoms with Crippen LogP contribution >= 0.6 is 11.3 Å². The summed E-state index contributed by atoms with van der Waals surface area (Å²) in [6.07, 6.45) is 7.21. The van der Waals surface area contributed by atoms with Crippen LogP contribution < -0.4 is 20.7 Å². The Labute approximate surface area is 367 Å². The van der Waals surface area contributed by atoms with Gasteiger partial charge in [0.05, 0.1) is 12.0 Å². The van der Waals surface area contributed by atoms with Crippen LogP contribution in [-0.2, 0) is 30.3 Å². The van der Waals surface area contributed by atoms with Gasteiger partial charge in [0.15, 0.2) is 0 Å². The van der Waals surface area contributed by atoms with Gasteiger partial charge >= 0.3 is 11.9 Å². The number of hydrogen-bond donors (Lipinski definition) is 4. The maximum absolute atomic E-state index is 14.7. The van der Waals surface area contributed by atoms with Gasteiger partial charge in [-0.1, -0.05) is 73.4 Å². The van der Waals surface area contributed by atoms with E-state index in [1.165, 1.54) is 11.3 Å². The van der Waals surface area contributed by atoms with Gasteiger partial charge in [-0.2, -0.15) is 0 Å². The van der Waals surface area contributed by atoms with Crippen molar-refractivity contribution in [3.8, 4) is 5.75 Å². The number of esters is 1. The van der Waals surface area contributed by atoms with E-state index in [2.05, 4.69) is 34.7 Å². The second-order valence-electron chi connectivity index (χ2n) is 17.4. The highest BCUT2D eigenvalue weighted by Gasteiger charge is 2.38. The Bertz CT molecular complexity index is 1720. The van der Waals surface area contributed by atoms with Crippen LogP contribution in [0.15, 0.2) is 29.6 Å². The topological polar surface area (TPSA) is 180 Å². The number of benzene rings is 1. The number of carbonyl (C=O) groups excluding carboxylic acids is 4. The van der Waals surface area contributed by atoms with Crippen molar-refractivity contribution in [3.63, 3.8) is 0 Å². The molecule has 3 heterocycles. The van der Waals surface area contributed by atoms with Crippen molar-refractivity contribution in [2.45, 2.75) is 155 Å². The molecule has 0 radical (unpaired) electrons. The molecule has 2 saturated heterocycles. The zero-order chi connectivity index (χ0) is 44.6. The van der Waals surface area contributed by atoms with Crippen LogP contribution in [-0.4, -0.2) is 113 Å². The number of likely N-dealkylation sites (tertiary alicyclic amines) is 1. The van der Waals surface area contributed by atoms with Crippen LogP contribution in [0.3, 0.4) is 0 Å². The van der Waals surface area contributed by atoms with Crippen molar-refractivity contribution in [1.82, 2.24) is 30.7 Å². The number of amides is 3. The van der Waals surface area contributed by atoms with Crippen LogP contribution in [0.25, 0.3) is 0 Å². The maximum atomic E-state index is 14.7. The molecule has 4 N–H and O–H groups in total. The van der Waals surface area contributed by atoms with Crippen molar-refractivity contribution in [2.24, 2.45) is 17.8 Å². The third-order valence-corrected chi connectivity index (χ3v) is 13.1. The summed E-state index contributed by atoms with van der Waals surface area (Å²) >= 11 is 1.33. The van der Waals surface area contributed by atoms with E-state index in [1.54, 1.807) is 24.4 Å². The first kappa shape index (κ1) is 49.7. The van der Waals surface area contributed by atoms with Crippen molar-refractivity contribution in [1.29, 1.82) is 0 Å². The molecule has 1 aromatic heterocycles. The second kappa shape index (κ2) is 24.6. The Hall–Kier alpha value is -3.92. The standard InChI is InChI=1S/C46H72N6O8S/c1-9-22-52(44(55)40(30(6)11-3)50-42(54)37-16-12-13-23-51(37)8)38(29(4)5)27-39(59-24-10-2)43-49-36(28-61-43)41(53)48-33(25-31(7)45(56)57)26-32-17-19-34(20-18-32)60-46(58)35-15-14-21-47-35/h17-20,28-31,33,35,37-40,47H,9-16,21-27H2,1-8H3,(H,48,53)(H,50,54)(H,56,57)/t30-,31-,33?,35+,37+,38+,39+,40-/m0/s1. The van der Waals surface area contributed by atoms with Gasteiger partial charge in [-0.15, -0.1) is 11.3 Å². The number of carboxylic acids is 1. The molecule has 1 unspecified atom stereocenters. The van der Waals surface area contributed by atoms with E-state index in [-0.39, 0.29) is 59.9 Å². The third kappa shape index (κ3) is 14.6. The molecule has 1 aromatic carbocycles. The lowest BCUT2D eigenvalue weighted by atomic mass is 9.92. The zero-order valence-electron chi connectivity index (χ0n) is 37.7. The quantitative estimate of drug-likeness (QED) is 0.0679. The molecule has 4 rings (SSSR count). The van der Waals surface area contributed by atoms with Crippen molar-refractivity contribution in [2.75, 3.05) is 33.3 Å². The summed E-state index contributed by atoms with van der Waals surface area (Å²) in [7, 11) is 1.97. The fourth-order valence-electron chi connectivity index (χ4n) is 8.25. The molecule has 15 heteroatoms. The molecule has 0 bridgehead atoms. The number of likely N-dealkylation sites (N-methyl/N-ethyl adjacent to an activating group) is 1. The van der Waals surface area contributed by atoms with Crippen LogP contribution in [0.5, 0.6) is 5.75 Å². The van der Waals surface area contributed by atoms with Gasteiger partial charge in [-0.05, 0) is 101 Å². The van der Waals surface area contributed by atoms with Crippen LogP contribution in [0.4, 0.5) is 0 Å². The van der Waals surface area contributed by atoms with Crippen LogP contribution in [0.1, 0.15) is 140 Å². The number of hydrogen-bond acceptors (Lipinski definition) is 11. The molecule has 2 aromatic rings. The summed E-state index contributed by atoms with van der Waals surface area (Å²) in [4.78, 5) is 75.4. The highest BCUT2D eigenvalue weighted by atomic mass is 32.1. The molecule has 8 atom stereocenters. The summed E-state index contributed by atoms with van der Waals surface area (Å²) in [5.41, 5.74) is 1.05. The van der Waals surface area contributed by atoms with E-state index in [0.29, 0.717) is 36.8 Å². The lowest BCUT2D eigenvalue weighted by Crippen LogP contribution is -2.58. The largest absolute Gasteiger partial charge is 0.481 e. The molecular formula is C46H72N6O8S. The number of nitrogens with zero attached hydrogens (tertiary/aromatic N) is 3. The molecule has 3 amide bonds. The van der Waals surface area contributed by atoms with E-state index in [9.17, 15) is 29.1 Å². The monoisotopic (exact) mass is 869 g/mol. The van der Waals surface area contributed by atoms with E-state index in [0.717, 1.165) is 70.0 Å². The van der Waals surface area contributed by atoms with Crippen molar-refractivity contribution >= 4 is 41.0 Å². The molecule has 2 aliphatic rings. The Morgan fingerprint density at radius 2 is 1.72 bits per heavy atom. The smallest absolute Gasteiger partial charge is 0.328 e. The van der Waals surface area contributed by atoms with E-state index in [4.69, 9.17) is 14.5 Å². The maximum Gasteiger partial charge on any atom is 0.328 e. The van der Waals surface area contributed by atoms with E-state index < -0.39 is 36.0 Å². The van der Waals surface area contributed by atoms with Gasteiger partial charge < -0.3 is 35.4 Å². The van der Waals surface area contributed by atoms with Gasteiger partial charge in [0, 0.05) is 37.0 Å². The predicted molar refractivity (Wildman–Crippen MR) is 237 cm³/mol. The number of thiazole rings is 1. The first-order chi connectivity index (χ1) is 29.2. The minimum atomic E-state index is -0.959. The molecule has 61 heavy (non-hydrogen) atoms. The fraction of sp³-hybridized carbons (Fsp3) is 0.696.